The van der Waals surface area contributed by atoms with E-state index in [2.05, 4.69) is 15.1 Å². The largest absolute Gasteiger partial charge is 0.424 e. The normalized spacial score (nSPS) is 21.5. The fourth-order valence-electron chi connectivity index (χ4n) is 3.15. The fraction of sp³-hybridized carbons (Fsp3) is 0.529. The molecule has 4 rings (SSSR count). The van der Waals surface area contributed by atoms with Crippen LogP contribution in [0.5, 0.6) is 0 Å². The number of aromatic nitrogens is 2. The van der Waals surface area contributed by atoms with Crippen LogP contribution in [-0.2, 0) is 12.1 Å². The van der Waals surface area contributed by atoms with Crippen LogP contribution in [0, 0.1) is 0 Å². The van der Waals surface area contributed by atoms with Crippen LogP contribution in [0.2, 0.25) is 5.02 Å². The number of hydrogen-bond donors (Lipinski definition) is 1. The van der Waals surface area contributed by atoms with Gasteiger partial charge in [-0.15, -0.1) is 10.2 Å². The second-order valence-electron chi connectivity index (χ2n) is 6.62. The molecule has 1 aliphatic heterocycles. The summed E-state index contributed by atoms with van der Waals surface area (Å²) >= 11 is 5.92. The summed E-state index contributed by atoms with van der Waals surface area (Å²) in [4.78, 5) is 2.26. The molecule has 1 saturated heterocycles. The summed E-state index contributed by atoms with van der Waals surface area (Å²) < 4.78 is 5.72. The second-order valence-corrected chi connectivity index (χ2v) is 7.06. The highest BCUT2D eigenvalue weighted by atomic mass is 35.5. The van der Waals surface area contributed by atoms with Crippen molar-refractivity contribution >= 4 is 11.6 Å². The lowest BCUT2D eigenvalue weighted by Gasteiger charge is -2.38. The van der Waals surface area contributed by atoms with E-state index in [-0.39, 0.29) is 0 Å². The zero-order valence-electron chi connectivity index (χ0n) is 12.9. The van der Waals surface area contributed by atoms with Gasteiger partial charge in [-0.1, -0.05) is 23.7 Å². The van der Waals surface area contributed by atoms with Crippen molar-refractivity contribution in [2.24, 2.45) is 0 Å². The van der Waals surface area contributed by atoms with Crippen molar-refractivity contribution in [1.82, 2.24) is 15.1 Å². The first-order valence-electron chi connectivity index (χ1n) is 8.15. The summed E-state index contributed by atoms with van der Waals surface area (Å²) in [6.07, 6.45) is 3.72. The Morgan fingerprint density at radius 3 is 2.52 bits per heavy atom. The molecule has 0 spiro atoms. The Balaban J connectivity index is 1.37. The van der Waals surface area contributed by atoms with E-state index in [0.717, 1.165) is 24.5 Å². The molecular formula is C17H20ClN3O2. The summed E-state index contributed by atoms with van der Waals surface area (Å²) in [5, 5.41) is 19.8. The van der Waals surface area contributed by atoms with Gasteiger partial charge < -0.3 is 9.52 Å². The molecule has 1 aromatic heterocycles. The molecule has 23 heavy (non-hydrogen) atoms. The second kappa shape index (κ2) is 5.89. The summed E-state index contributed by atoms with van der Waals surface area (Å²) in [7, 11) is 0. The van der Waals surface area contributed by atoms with Gasteiger partial charge in [0.25, 0.3) is 0 Å². The van der Waals surface area contributed by atoms with E-state index in [4.69, 9.17) is 16.0 Å². The molecule has 6 heteroatoms. The minimum atomic E-state index is -0.769. The fourth-order valence-corrected chi connectivity index (χ4v) is 3.27. The Morgan fingerprint density at radius 2 is 1.87 bits per heavy atom. The van der Waals surface area contributed by atoms with Gasteiger partial charge in [-0.25, -0.2) is 0 Å². The molecule has 2 heterocycles. The van der Waals surface area contributed by atoms with Crippen LogP contribution in [0.4, 0.5) is 0 Å². The van der Waals surface area contributed by atoms with E-state index in [1.54, 1.807) is 0 Å². The SMILES string of the molecule is OC1(c2ccc(Cl)cc2)CCN(Cc2nnc(C3CC3)o2)CC1. The van der Waals surface area contributed by atoms with Crippen molar-refractivity contribution < 1.29 is 9.52 Å². The van der Waals surface area contributed by atoms with E-state index < -0.39 is 5.60 Å². The zero-order valence-corrected chi connectivity index (χ0v) is 13.7. The number of hydrogen-bond acceptors (Lipinski definition) is 5. The monoisotopic (exact) mass is 333 g/mol. The molecule has 0 bridgehead atoms. The average molecular weight is 334 g/mol. The van der Waals surface area contributed by atoms with Gasteiger partial charge in [0.1, 0.15) is 0 Å². The number of aliphatic hydroxyl groups is 1. The van der Waals surface area contributed by atoms with Crippen LogP contribution in [0.3, 0.4) is 0 Å². The van der Waals surface area contributed by atoms with Crippen LogP contribution >= 0.6 is 11.6 Å². The van der Waals surface area contributed by atoms with Crippen molar-refractivity contribution in [2.45, 2.75) is 43.7 Å². The van der Waals surface area contributed by atoms with E-state index in [9.17, 15) is 5.11 Å². The van der Waals surface area contributed by atoms with Crippen LogP contribution in [0.15, 0.2) is 28.7 Å². The van der Waals surface area contributed by atoms with Crippen molar-refractivity contribution in [3.05, 3.63) is 46.6 Å². The lowest BCUT2D eigenvalue weighted by molar-refractivity contribution is -0.0293. The molecule has 1 N–H and O–H groups in total. The van der Waals surface area contributed by atoms with Gasteiger partial charge in [-0.3, -0.25) is 4.90 Å². The van der Waals surface area contributed by atoms with Gasteiger partial charge in [-0.05, 0) is 43.4 Å². The highest BCUT2D eigenvalue weighted by Gasteiger charge is 2.35. The molecule has 122 valence electrons. The van der Waals surface area contributed by atoms with E-state index >= 15 is 0 Å². The number of benzene rings is 1. The topological polar surface area (TPSA) is 62.4 Å². The molecule has 0 amide bonds. The first kappa shape index (κ1) is 15.1. The molecule has 2 aromatic rings. The van der Waals surface area contributed by atoms with Crippen LogP contribution in [0.1, 0.15) is 48.9 Å². The minimum absolute atomic E-state index is 0.493. The first-order valence-corrected chi connectivity index (χ1v) is 8.53. The Morgan fingerprint density at radius 1 is 1.17 bits per heavy atom. The van der Waals surface area contributed by atoms with Gasteiger partial charge in [0.2, 0.25) is 11.8 Å². The average Bonchev–Trinajstić information content (AvgIpc) is 3.30. The molecule has 5 nitrogen and oxygen atoms in total. The number of likely N-dealkylation sites (tertiary alicyclic amines) is 1. The Labute approximate surface area is 140 Å². The summed E-state index contributed by atoms with van der Waals surface area (Å²) in [5.41, 5.74) is 0.171. The molecule has 1 aliphatic carbocycles. The lowest BCUT2D eigenvalue weighted by Crippen LogP contribution is -2.42. The lowest BCUT2D eigenvalue weighted by atomic mass is 9.84. The maximum atomic E-state index is 10.9. The maximum absolute atomic E-state index is 10.9. The number of rotatable bonds is 4. The van der Waals surface area contributed by atoms with E-state index in [1.807, 2.05) is 24.3 Å². The van der Waals surface area contributed by atoms with E-state index in [0.29, 0.717) is 36.2 Å². The predicted octanol–water partition coefficient (Wildman–Crippen LogP) is 3.08. The Kier molecular flexibility index (Phi) is 3.87. The summed E-state index contributed by atoms with van der Waals surface area (Å²) in [6, 6.07) is 7.49. The molecule has 0 atom stereocenters. The third-order valence-electron chi connectivity index (χ3n) is 4.83. The quantitative estimate of drug-likeness (QED) is 0.931. The number of halogens is 1. The van der Waals surface area contributed by atoms with Crippen molar-refractivity contribution in [1.29, 1.82) is 0 Å². The van der Waals surface area contributed by atoms with Gasteiger partial charge in [0.05, 0.1) is 12.1 Å². The van der Waals surface area contributed by atoms with Gasteiger partial charge in [-0.2, -0.15) is 0 Å². The predicted molar refractivity (Wildman–Crippen MR) is 86.1 cm³/mol. The molecule has 0 radical (unpaired) electrons. The van der Waals surface area contributed by atoms with Gasteiger partial charge in [0.15, 0.2) is 0 Å². The summed E-state index contributed by atoms with van der Waals surface area (Å²) in [5.74, 6) is 1.96. The standard InChI is InChI=1S/C17H20ClN3O2/c18-14-5-3-13(4-6-14)17(22)7-9-21(10-8-17)11-15-19-20-16(23-15)12-1-2-12/h3-6,12,22H,1-2,7-11H2. The first-order chi connectivity index (χ1) is 11.1. The van der Waals surface area contributed by atoms with Crippen molar-refractivity contribution in [2.75, 3.05) is 13.1 Å². The van der Waals surface area contributed by atoms with Crippen LogP contribution in [0.25, 0.3) is 0 Å². The molecule has 1 saturated carbocycles. The number of piperidine rings is 1. The minimum Gasteiger partial charge on any atom is -0.424 e. The Hall–Kier alpha value is -1.43. The maximum Gasteiger partial charge on any atom is 0.230 e. The number of nitrogens with zero attached hydrogens (tertiary/aromatic N) is 3. The molecule has 2 aliphatic rings. The van der Waals surface area contributed by atoms with Gasteiger partial charge in [0, 0.05) is 24.0 Å². The Bertz CT molecular complexity index is 673. The molecular weight excluding hydrogens is 314 g/mol. The third kappa shape index (κ3) is 3.27. The molecule has 1 aromatic carbocycles. The third-order valence-corrected chi connectivity index (χ3v) is 5.08. The van der Waals surface area contributed by atoms with Crippen molar-refractivity contribution in [3.8, 4) is 0 Å². The summed E-state index contributed by atoms with van der Waals surface area (Å²) in [6.45, 7) is 2.27. The zero-order chi connectivity index (χ0) is 15.9. The molecule has 2 fully saturated rings. The molecule has 0 unspecified atom stereocenters. The highest BCUT2D eigenvalue weighted by Crippen LogP contribution is 2.39. The van der Waals surface area contributed by atoms with E-state index in [1.165, 1.54) is 12.8 Å². The van der Waals surface area contributed by atoms with Crippen LogP contribution in [-0.4, -0.2) is 33.3 Å². The smallest absolute Gasteiger partial charge is 0.230 e. The van der Waals surface area contributed by atoms with Crippen molar-refractivity contribution in [3.63, 3.8) is 0 Å². The van der Waals surface area contributed by atoms with Gasteiger partial charge >= 0.3 is 0 Å². The highest BCUT2D eigenvalue weighted by molar-refractivity contribution is 6.30. The van der Waals surface area contributed by atoms with Crippen LogP contribution < -0.4 is 0 Å².